The second-order valence-electron chi connectivity index (χ2n) is 3.95. The lowest BCUT2D eigenvalue weighted by atomic mass is 9.93. The minimum Gasteiger partial charge on any atom is -0.300 e. The highest BCUT2D eigenvalue weighted by atomic mass is 16.1. The van der Waals surface area contributed by atoms with Crippen LogP contribution in [0.15, 0.2) is 24.8 Å². The van der Waals surface area contributed by atoms with Gasteiger partial charge in [-0.25, -0.2) is 0 Å². The minimum atomic E-state index is 0.179. The van der Waals surface area contributed by atoms with Crippen LogP contribution in [0.3, 0.4) is 0 Å². The van der Waals surface area contributed by atoms with E-state index < -0.39 is 0 Å². The standard InChI is InChI=1S/C15H18O/c1-5-7-15-11(3)8-9-13(10-12(4)16)14(15)6-2/h5-9H,2,10H2,1,3-4H3/b7-5-. The largest absolute Gasteiger partial charge is 0.300 e. The van der Waals surface area contributed by atoms with Crippen molar-refractivity contribution in [1.82, 2.24) is 0 Å². The van der Waals surface area contributed by atoms with Crippen LogP contribution in [-0.4, -0.2) is 5.78 Å². The lowest BCUT2D eigenvalue weighted by Crippen LogP contribution is -2.01. The summed E-state index contributed by atoms with van der Waals surface area (Å²) in [6.45, 7) is 9.51. The summed E-state index contributed by atoms with van der Waals surface area (Å²) in [5, 5.41) is 0. The molecular formula is C15H18O. The van der Waals surface area contributed by atoms with E-state index in [0.717, 1.165) is 16.7 Å². The fraction of sp³-hybridized carbons (Fsp3) is 0.267. The minimum absolute atomic E-state index is 0.179. The Morgan fingerprint density at radius 2 is 2.06 bits per heavy atom. The van der Waals surface area contributed by atoms with Gasteiger partial charge in [0.2, 0.25) is 0 Å². The molecule has 0 saturated carbocycles. The van der Waals surface area contributed by atoms with E-state index >= 15 is 0 Å². The highest BCUT2D eigenvalue weighted by Crippen LogP contribution is 2.22. The van der Waals surface area contributed by atoms with E-state index in [9.17, 15) is 4.79 Å². The van der Waals surface area contributed by atoms with E-state index in [2.05, 4.69) is 25.6 Å². The zero-order chi connectivity index (χ0) is 12.1. The number of hydrogen-bond acceptors (Lipinski definition) is 1. The van der Waals surface area contributed by atoms with Crippen LogP contribution in [0.1, 0.15) is 36.1 Å². The summed E-state index contributed by atoms with van der Waals surface area (Å²) in [7, 11) is 0. The van der Waals surface area contributed by atoms with Crippen molar-refractivity contribution in [2.24, 2.45) is 0 Å². The van der Waals surface area contributed by atoms with Gasteiger partial charge in [-0.15, -0.1) is 0 Å². The normalized spacial score (nSPS) is 10.7. The van der Waals surface area contributed by atoms with Crippen molar-refractivity contribution < 1.29 is 4.79 Å². The fourth-order valence-corrected chi connectivity index (χ4v) is 1.84. The van der Waals surface area contributed by atoms with Crippen molar-refractivity contribution in [2.45, 2.75) is 27.2 Å². The van der Waals surface area contributed by atoms with Gasteiger partial charge >= 0.3 is 0 Å². The zero-order valence-electron chi connectivity index (χ0n) is 10.2. The number of allylic oxidation sites excluding steroid dienone is 1. The lowest BCUT2D eigenvalue weighted by molar-refractivity contribution is -0.116. The van der Waals surface area contributed by atoms with Crippen molar-refractivity contribution in [3.63, 3.8) is 0 Å². The highest BCUT2D eigenvalue weighted by molar-refractivity contribution is 5.81. The van der Waals surface area contributed by atoms with Crippen LogP contribution >= 0.6 is 0 Å². The number of aryl methyl sites for hydroxylation is 1. The predicted molar refractivity (Wildman–Crippen MR) is 70.4 cm³/mol. The molecule has 0 saturated heterocycles. The molecular weight excluding hydrogens is 196 g/mol. The molecule has 0 atom stereocenters. The average molecular weight is 214 g/mol. The van der Waals surface area contributed by atoms with Crippen molar-refractivity contribution in [2.75, 3.05) is 0 Å². The third-order valence-corrected chi connectivity index (χ3v) is 2.57. The molecule has 1 aromatic carbocycles. The summed E-state index contributed by atoms with van der Waals surface area (Å²) in [5.74, 6) is 0.179. The van der Waals surface area contributed by atoms with Gasteiger partial charge in [0.15, 0.2) is 0 Å². The fourth-order valence-electron chi connectivity index (χ4n) is 1.84. The van der Waals surface area contributed by atoms with E-state index in [1.54, 1.807) is 6.92 Å². The first-order chi connectivity index (χ1) is 7.60. The van der Waals surface area contributed by atoms with Gasteiger partial charge in [0.05, 0.1) is 0 Å². The maximum Gasteiger partial charge on any atom is 0.134 e. The summed E-state index contributed by atoms with van der Waals surface area (Å²) >= 11 is 0. The molecule has 1 aromatic rings. The molecule has 1 rings (SSSR count). The Labute approximate surface area is 97.5 Å². The molecule has 0 heterocycles. The van der Waals surface area contributed by atoms with Gasteiger partial charge in [0, 0.05) is 6.42 Å². The molecule has 1 nitrogen and oxygen atoms in total. The van der Waals surface area contributed by atoms with Crippen molar-refractivity contribution >= 4 is 17.9 Å². The van der Waals surface area contributed by atoms with Gasteiger partial charge in [-0.1, -0.05) is 36.9 Å². The quantitative estimate of drug-likeness (QED) is 0.745. The number of carbonyl (C=O) groups is 1. The van der Waals surface area contributed by atoms with Crippen molar-refractivity contribution in [1.29, 1.82) is 0 Å². The Morgan fingerprint density at radius 1 is 1.38 bits per heavy atom. The number of benzene rings is 1. The second-order valence-corrected chi connectivity index (χ2v) is 3.95. The smallest absolute Gasteiger partial charge is 0.134 e. The Balaban J connectivity index is 3.35. The summed E-state index contributed by atoms with van der Waals surface area (Å²) in [4.78, 5) is 11.2. The molecule has 1 heteroatoms. The molecule has 0 fully saturated rings. The molecule has 0 amide bonds. The Bertz CT molecular complexity index is 439. The van der Waals surface area contributed by atoms with Crippen LogP contribution in [0.4, 0.5) is 0 Å². The van der Waals surface area contributed by atoms with Crippen molar-refractivity contribution in [3.05, 3.63) is 47.0 Å². The molecule has 0 spiro atoms. The van der Waals surface area contributed by atoms with Crippen LogP contribution in [0.2, 0.25) is 0 Å². The maximum absolute atomic E-state index is 11.2. The third kappa shape index (κ3) is 2.69. The van der Waals surface area contributed by atoms with Crippen LogP contribution in [0, 0.1) is 6.92 Å². The predicted octanol–water partition coefficient (Wildman–Crippen LogP) is 3.80. The summed E-state index contributed by atoms with van der Waals surface area (Å²) in [5.41, 5.74) is 4.51. The average Bonchev–Trinajstić information content (AvgIpc) is 2.23. The van der Waals surface area contributed by atoms with Gasteiger partial charge in [0.25, 0.3) is 0 Å². The van der Waals surface area contributed by atoms with Crippen molar-refractivity contribution in [3.8, 4) is 0 Å². The molecule has 84 valence electrons. The molecule has 16 heavy (non-hydrogen) atoms. The Kier molecular flexibility index (Phi) is 4.24. The summed E-state index contributed by atoms with van der Waals surface area (Å²) in [6, 6.07) is 4.07. The van der Waals surface area contributed by atoms with Gasteiger partial charge < -0.3 is 0 Å². The number of carbonyl (C=O) groups excluding carboxylic acids is 1. The molecule has 0 bridgehead atoms. The van der Waals surface area contributed by atoms with E-state index in [4.69, 9.17) is 0 Å². The highest BCUT2D eigenvalue weighted by Gasteiger charge is 2.07. The van der Waals surface area contributed by atoms with Gasteiger partial charge in [0.1, 0.15) is 5.78 Å². The molecule has 0 N–H and O–H groups in total. The summed E-state index contributed by atoms with van der Waals surface area (Å²) < 4.78 is 0. The van der Waals surface area contributed by atoms with Gasteiger partial charge in [-0.3, -0.25) is 4.79 Å². The molecule has 0 aliphatic rings. The van der Waals surface area contributed by atoms with Gasteiger partial charge in [-0.2, -0.15) is 0 Å². The first-order valence-electron chi connectivity index (χ1n) is 5.47. The second kappa shape index (κ2) is 5.45. The number of rotatable bonds is 4. The molecule has 0 aliphatic heterocycles. The Hall–Kier alpha value is -1.63. The maximum atomic E-state index is 11.2. The summed E-state index contributed by atoms with van der Waals surface area (Å²) in [6.07, 6.45) is 6.38. The van der Waals surface area contributed by atoms with E-state index in [-0.39, 0.29) is 5.78 Å². The van der Waals surface area contributed by atoms with Crippen LogP contribution in [-0.2, 0) is 11.2 Å². The van der Waals surface area contributed by atoms with E-state index in [0.29, 0.717) is 6.42 Å². The van der Waals surface area contributed by atoms with E-state index in [1.807, 2.05) is 25.1 Å². The number of ketones is 1. The monoisotopic (exact) mass is 214 g/mol. The SMILES string of the molecule is C=Cc1c(CC(C)=O)ccc(C)c1/C=C\C. The third-order valence-electron chi connectivity index (χ3n) is 2.57. The Morgan fingerprint density at radius 3 is 2.56 bits per heavy atom. The van der Waals surface area contributed by atoms with E-state index in [1.165, 1.54) is 5.56 Å². The topological polar surface area (TPSA) is 17.1 Å². The first-order valence-corrected chi connectivity index (χ1v) is 5.47. The lowest BCUT2D eigenvalue weighted by Gasteiger charge is -2.11. The number of Topliss-reactive ketones (excluding diaryl/α,β-unsaturated/α-hetero) is 1. The van der Waals surface area contributed by atoms with Gasteiger partial charge in [-0.05, 0) is 43.0 Å². The molecule has 0 unspecified atom stereocenters. The molecule has 0 aliphatic carbocycles. The molecule has 0 radical (unpaired) electrons. The van der Waals surface area contributed by atoms with Crippen LogP contribution < -0.4 is 0 Å². The van der Waals surface area contributed by atoms with Crippen LogP contribution in [0.5, 0.6) is 0 Å². The molecule has 0 aromatic heterocycles. The van der Waals surface area contributed by atoms with Crippen LogP contribution in [0.25, 0.3) is 12.2 Å². The number of hydrogen-bond donors (Lipinski definition) is 0. The first kappa shape index (κ1) is 12.4. The zero-order valence-corrected chi connectivity index (χ0v) is 10.2.